The first-order chi connectivity index (χ1) is 23.8. The molecule has 1 nitrogen and oxygen atoms in total. The average molecular weight is 613 g/mol. The molecule has 226 valence electrons. The third-order valence-corrected chi connectivity index (χ3v) is 9.82. The van der Waals surface area contributed by atoms with Crippen molar-refractivity contribution in [2.24, 2.45) is 0 Å². The summed E-state index contributed by atoms with van der Waals surface area (Å²) in [5.41, 5.74) is 11.2. The van der Waals surface area contributed by atoms with E-state index in [2.05, 4.69) is 194 Å². The zero-order valence-corrected chi connectivity index (χ0v) is 26.4. The first-order valence-electron chi connectivity index (χ1n) is 16.5. The summed E-state index contributed by atoms with van der Waals surface area (Å²) in [6, 6.07) is 69.9. The Balaban J connectivity index is 1.34. The highest BCUT2D eigenvalue weighted by atomic mass is 16.5. The maximum absolute atomic E-state index is 6.72. The summed E-state index contributed by atoms with van der Waals surface area (Å²) in [5.74, 6) is 1.75. The van der Waals surface area contributed by atoms with Crippen LogP contribution in [0.4, 0.5) is 0 Å². The predicted molar refractivity (Wildman–Crippen MR) is 199 cm³/mol. The quantitative estimate of drug-likeness (QED) is 0.188. The highest BCUT2D eigenvalue weighted by Gasteiger charge is 2.45. The van der Waals surface area contributed by atoms with Crippen molar-refractivity contribution < 1.29 is 4.74 Å². The van der Waals surface area contributed by atoms with Gasteiger partial charge in [0.2, 0.25) is 0 Å². The number of hydrogen-bond donors (Lipinski definition) is 0. The van der Waals surface area contributed by atoms with Gasteiger partial charge in [0.1, 0.15) is 11.5 Å². The van der Waals surface area contributed by atoms with E-state index in [0.29, 0.717) is 0 Å². The molecular formula is C47H32O. The highest BCUT2D eigenvalue weighted by Crippen LogP contribution is 2.56. The number of fused-ring (bicyclic) bond motifs is 3. The molecule has 1 aliphatic heterocycles. The summed E-state index contributed by atoms with van der Waals surface area (Å²) in [6.45, 7) is 0. The monoisotopic (exact) mass is 612 g/mol. The fraction of sp³-hybridized carbons (Fsp3) is 0.0213. The van der Waals surface area contributed by atoms with Crippen LogP contribution in [-0.4, -0.2) is 0 Å². The lowest BCUT2D eigenvalue weighted by atomic mass is 9.63. The minimum Gasteiger partial charge on any atom is -0.457 e. The van der Waals surface area contributed by atoms with Gasteiger partial charge in [-0.1, -0.05) is 170 Å². The van der Waals surface area contributed by atoms with E-state index in [1.807, 2.05) is 0 Å². The molecule has 1 heterocycles. The zero-order chi connectivity index (χ0) is 31.9. The first-order valence-corrected chi connectivity index (χ1v) is 16.5. The third kappa shape index (κ3) is 4.47. The van der Waals surface area contributed by atoms with Crippen LogP contribution in [-0.2, 0) is 5.41 Å². The molecule has 48 heavy (non-hydrogen) atoms. The molecule has 0 fully saturated rings. The fourth-order valence-electron chi connectivity index (χ4n) is 7.67. The Morgan fingerprint density at radius 1 is 0.333 bits per heavy atom. The normalized spacial score (nSPS) is 12.9. The van der Waals surface area contributed by atoms with Gasteiger partial charge in [0, 0.05) is 11.1 Å². The van der Waals surface area contributed by atoms with Gasteiger partial charge in [-0.05, 0) is 79.5 Å². The molecule has 1 aliphatic rings. The summed E-state index contributed by atoms with van der Waals surface area (Å²) in [5, 5.41) is 2.49. The second kappa shape index (κ2) is 11.6. The average Bonchev–Trinajstić information content (AvgIpc) is 3.17. The van der Waals surface area contributed by atoms with Gasteiger partial charge >= 0.3 is 0 Å². The minimum atomic E-state index is -0.580. The Kier molecular flexibility index (Phi) is 6.76. The summed E-state index contributed by atoms with van der Waals surface area (Å²) in [7, 11) is 0. The van der Waals surface area contributed by atoms with Crippen molar-refractivity contribution >= 4 is 10.8 Å². The van der Waals surface area contributed by atoms with Crippen LogP contribution < -0.4 is 4.74 Å². The minimum absolute atomic E-state index is 0.580. The summed E-state index contributed by atoms with van der Waals surface area (Å²) < 4.78 is 6.72. The number of ether oxygens (including phenoxy) is 1. The largest absolute Gasteiger partial charge is 0.457 e. The van der Waals surface area contributed by atoms with E-state index >= 15 is 0 Å². The van der Waals surface area contributed by atoms with E-state index in [-0.39, 0.29) is 0 Å². The second-order valence-corrected chi connectivity index (χ2v) is 12.4. The highest BCUT2D eigenvalue weighted by molar-refractivity contribution is 5.98. The summed E-state index contributed by atoms with van der Waals surface area (Å²) in [4.78, 5) is 0. The van der Waals surface area contributed by atoms with Crippen molar-refractivity contribution in [2.45, 2.75) is 5.41 Å². The van der Waals surface area contributed by atoms with Crippen LogP contribution in [0, 0.1) is 0 Å². The molecule has 0 radical (unpaired) electrons. The Hall–Kier alpha value is -6.18. The molecule has 0 bridgehead atoms. The van der Waals surface area contributed by atoms with Gasteiger partial charge in [-0.25, -0.2) is 0 Å². The Morgan fingerprint density at radius 2 is 0.917 bits per heavy atom. The number of para-hydroxylation sites is 1. The standard InChI is InChI=1S/C47H32O/c1-4-15-33(16-5-1)41-29-27-35(40-24-14-18-34-17-10-11-23-39(34)40)31-42(41)36-28-30-46-44(32-36)47(37-19-6-2-7-20-37,38-21-8-3-9-22-38)43-25-12-13-26-45(43)48-46/h1-32H. The molecule has 0 unspecified atom stereocenters. The van der Waals surface area contributed by atoms with Crippen molar-refractivity contribution in [3.8, 4) is 44.9 Å². The lowest BCUT2D eigenvalue weighted by Gasteiger charge is -2.41. The van der Waals surface area contributed by atoms with Gasteiger partial charge in [0.15, 0.2) is 0 Å². The lowest BCUT2D eigenvalue weighted by Crippen LogP contribution is -2.34. The van der Waals surface area contributed by atoms with E-state index in [4.69, 9.17) is 4.74 Å². The SMILES string of the molecule is c1ccc(-c2ccc(-c3cccc4ccccc34)cc2-c2ccc3c(c2)C(c2ccccc2)(c2ccccc2)c2ccccc2O3)cc1. The Bertz CT molecular complexity index is 2360. The van der Waals surface area contributed by atoms with E-state index in [1.54, 1.807) is 0 Å². The molecule has 8 aromatic carbocycles. The molecule has 1 heteroatoms. The lowest BCUT2D eigenvalue weighted by molar-refractivity contribution is 0.434. The van der Waals surface area contributed by atoms with E-state index in [9.17, 15) is 0 Å². The molecule has 0 saturated carbocycles. The molecule has 0 amide bonds. The van der Waals surface area contributed by atoms with Gasteiger partial charge in [-0.2, -0.15) is 0 Å². The zero-order valence-electron chi connectivity index (χ0n) is 26.4. The molecule has 0 aliphatic carbocycles. The van der Waals surface area contributed by atoms with Crippen LogP contribution in [0.5, 0.6) is 11.5 Å². The Labute approximate surface area is 281 Å². The summed E-state index contributed by atoms with van der Waals surface area (Å²) >= 11 is 0. The van der Waals surface area contributed by atoms with Crippen LogP contribution in [0.15, 0.2) is 194 Å². The van der Waals surface area contributed by atoms with Gasteiger partial charge < -0.3 is 4.74 Å². The molecule has 0 atom stereocenters. The van der Waals surface area contributed by atoms with Crippen molar-refractivity contribution in [2.75, 3.05) is 0 Å². The van der Waals surface area contributed by atoms with Crippen molar-refractivity contribution in [3.05, 3.63) is 216 Å². The molecule has 0 spiro atoms. The molecule has 9 rings (SSSR count). The van der Waals surface area contributed by atoms with Crippen LogP contribution in [0.1, 0.15) is 22.3 Å². The van der Waals surface area contributed by atoms with Crippen LogP contribution in [0.25, 0.3) is 44.2 Å². The van der Waals surface area contributed by atoms with Crippen LogP contribution >= 0.6 is 0 Å². The van der Waals surface area contributed by atoms with E-state index < -0.39 is 5.41 Å². The van der Waals surface area contributed by atoms with Crippen molar-refractivity contribution in [1.82, 2.24) is 0 Å². The van der Waals surface area contributed by atoms with Crippen molar-refractivity contribution in [3.63, 3.8) is 0 Å². The van der Waals surface area contributed by atoms with Gasteiger partial charge in [0.25, 0.3) is 0 Å². The van der Waals surface area contributed by atoms with Gasteiger partial charge in [-0.15, -0.1) is 0 Å². The number of benzene rings is 8. The number of hydrogen-bond acceptors (Lipinski definition) is 1. The van der Waals surface area contributed by atoms with E-state index in [1.165, 1.54) is 49.7 Å². The molecule has 0 aromatic heterocycles. The molecule has 8 aromatic rings. The Morgan fingerprint density at radius 3 is 1.69 bits per heavy atom. The fourth-order valence-corrected chi connectivity index (χ4v) is 7.67. The predicted octanol–water partition coefficient (Wildman–Crippen LogP) is 12.3. The van der Waals surface area contributed by atoms with Crippen molar-refractivity contribution in [1.29, 1.82) is 0 Å². The molecular weight excluding hydrogens is 581 g/mol. The van der Waals surface area contributed by atoms with Gasteiger partial charge in [-0.3, -0.25) is 0 Å². The third-order valence-electron chi connectivity index (χ3n) is 9.82. The maximum Gasteiger partial charge on any atom is 0.132 e. The van der Waals surface area contributed by atoms with Crippen LogP contribution in [0.2, 0.25) is 0 Å². The smallest absolute Gasteiger partial charge is 0.132 e. The maximum atomic E-state index is 6.72. The topological polar surface area (TPSA) is 9.23 Å². The second-order valence-electron chi connectivity index (χ2n) is 12.4. The first kappa shape index (κ1) is 28.1. The summed E-state index contributed by atoms with van der Waals surface area (Å²) in [6.07, 6.45) is 0. The molecule has 0 N–H and O–H groups in total. The molecule has 0 saturated heterocycles. The van der Waals surface area contributed by atoms with Gasteiger partial charge in [0.05, 0.1) is 5.41 Å². The van der Waals surface area contributed by atoms with Crippen LogP contribution in [0.3, 0.4) is 0 Å². The number of rotatable bonds is 5. The van der Waals surface area contributed by atoms with E-state index in [0.717, 1.165) is 28.2 Å².